The predicted octanol–water partition coefficient (Wildman–Crippen LogP) is 3.23. The molecule has 2 unspecified atom stereocenters. The molecular weight excluding hydrogens is 450 g/mol. The Kier molecular flexibility index (Phi) is 6.10. The lowest BCUT2D eigenvalue weighted by atomic mass is 9.84. The first-order valence-electron chi connectivity index (χ1n) is 11.5. The molecule has 5 rings (SSSR count). The molecule has 1 aromatic heterocycles. The number of benzene rings is 2. The number of nitrogens with zero attached hydrogens (tertiary/aromatic N) is 2. The SMILES string of the molecule is O=C(CCc1ccccc1)Nc1ccc(S(=O)(=O)N2CC3CC(C2)c2cccc(=O)n2C3)cc1. The Morgan fingerprint density at radius 3 is 2.44 bits per heavy atom. The van der Waals surface area contributed by atoms with Crippen molar-refractivity contribution < 1.29 is 13.2 Å². The van der Waals surface area contributed by atoms with Crippen molar-refractivity contribution in [3.8, 4) is 0 Å². The van der Waals surface area contributed by atoms with Crippen molar-refractivity contribution in [1.29, 1.82) is 0 Å². The fraction of sp³-hybridized carbons (Fsp3) is 0.308. The Balaban J connectivity index is 1.25. The van der Waals surface area contributed by atoms with Crippen LogP contribution in [0, 0.1) is 5.92 Å². The number of carbonyl (C=O) groups is 1. The Morgan fingerprint density at radius 1 is 0.912 bits per heavy atom. The number of hydrogen-bond acceptors (Lipinski definition) is 4. The van der Waals surface area contributed by atoms with Crippen LogP contribution in [0.3, 0.4) is 0 Å². The van der Waals surface area contributed by atoms with Crippen LogP contribution in [-0.2, 0) is 27.8 Å². The third-order valence-corrected chi connectivity index (χ3v) is 8.55. The van der Waals surface area contributed by atoms with Gasteiger partial charge in [0.15, 0.2) is 0 Å². The summed E-state index contributed by atoms with van der Waals surface area (Å²) in [6.07, 6.45) is 1.89. The maximum atomic E-state index is 13.4. The van der Waals surface area contributed by atoms with Gasteiger partial charge in [0.1, 0.15) is 0 Å². The molecule has 7 nitrogen and oxygen atoms in total. The number of piperidine rings is 1. The van der Waals surface area contributed by atoms with Crippen LogP contribution < -0.4 is 10.9 Å². The monoisotopic (exact) mass is 477 g/mol. The van der Waals surface area contributed by atoms with Crippen LogP contribution in [0.4, 0.5) is 5.69 Å². The fourth-order valence-electron chi connectivity index (χ4n) is 5.03. The molecule has 2 aliphatic heterocycles. The van der Waals surface area contributed by atoms with Gasteiger partial charge in [-0.3, -0.25) is 9.59 Å². The smallest absolute Gasteiger partial charge is 0.250 e. The zero-order chi connectivity index (χ0) is 23.7. The van der Waals surface area contributed by atoms with Gasteiger partial charge in [-0.15, -0.1) is 0 Å². The van der Waals surface area contributed by atoms with Crippen molar-refractivity contribution in [2.45, 2.75) is 36.6 Å². The number of aromatic nitrogens is 1. The highest BCUT2D eigenvalue weighted by atomic mass is 32.2. The molecule has 0 spiro atoms. The number of anilines is 1. The highest BCUT2D eigenvalue weighted by Gasteiger charge is 2.39. The molecule has 8 heteroatoms. The first-order valence-corrected chi connectivity index (χ1v) is 13.0. The molecule has 1 fully saturated rings. The molecule has 1 saturated heterocycles. The van der Waals surface area contributed by atoms with E-state index in [2.05, 4.69) is 5.32 Å². The third-order valence-electron chi connectivity index (χ3n) is 6.71. The number of carbonyl (C=O) groups excluding carboxylic acids is 1. The van der Waals surface area contributed by atoms with E-state index in [1.54, 1.807) is 45.3 Å². The van der Waals surface area contributed by atoms with Gasteiger partial charge in [-0.2, -0.15) is 4.31 Å². The molecule has 3 heterocycles. The molecule has 1 amide bonds. The van der Waals surface area contributed by atoms with Gasteiger partial charge in [0.05, 0.1) is 4.90 Å². The number of amides is 1. The van der Waals surface area contributed by atoms with Gasteiger partial charge >= 0.3 is 0 Å². The zero-order valence-electron chi connectivity index (χ0n) is 18.8. The second-order valence-corrected chi connectivity index (χ2v) is 11.0. The van der Waals surface area contributed by atoms with Crippen LogP contribution in [0.2, 0.25) is 0 Å². The van der Waals surface area contributed by atoms with Crippen molar-refractivity contribution in [3.63, 3.8) is 0 Å². The van der Waals surface area contributed by atoms with Crippen LogP contribution in [-0.4, -0.2) is 36.3 Å². The summed E-state index contributed by atoms with van der Waals surface area (Å²) in [4.78, 5) is 24.7. The van der Waals surface area contributed by atoms with E-state index in [9.17, 15) is 18.0 Å². The third kappa shape index (κ3) is 4.56. The summed E-state index contributed by atoms with van der Waals surface area (Å²) >= 11 is 0. The van der Waals surface area contributed by atoms with E-state index in [1.165, 1.54) is 0 Å². The molecular formula is C26H27N3O4S. The summed E-state index contributed by atoms with van der Waals surface area (Å²) < 4.78 is 30.1. The summed E-state index contributed by atoms with van der Waals surface area (Å²) in [5.41, 5.74) is 2.56. The molecule has 176 valence electrons. The number of aryl methyl sites for hydroxylation is 1. The minimum atomic E-state index is -3.67. The van der Waals surface area contributed by atoms with E-state index in [-0.39, 0.29) is 28.2 Å². The maximum absolute atomic E-state index is 13.4. The molecule has 2 aromatic carbocycles. The Hall–Kier alpha value is -3.23. The average Bonchev–Trinajstić information content (AvgIpc) is 2.84. The highest BCUT2D eigenvalue weighted by molar-refractivity contribution is 7.89. The van der Waals surface area contributed by atoms with Crippen LogP contribution >= 0.6 is 0 Å². The first kappa shape index (κ1) is 22.6. The Morgan fingerprint density at radius 2 is 1.68 bits per heavy atom. The number of sulfonamides is 1. The number of pyridine rings is 1. The van der Waals surface area contributed by atoms with Gasteiger partial charge in [-0.25, -0.2) is 8.42 Å². The molecule has 2 aliphatic rings. The van der Waals surface area contributed by atoms with Gasteiger partial charge in [-0.1, -0.05) is 36.4 Å². The number of nitrogens with one attached hydrogen (secondary N) is 1. The zero-order valence-corrected chi connectivity index (χ0v) is 19.6. The number of hydrogen-bond donors (Lipinski definition) is 1. The lowest BCUT2D eigenvalue weighted by Crippen LogP contribution is -2.48. The summed E-state index contributed by atoms with van der Waals surface area (Å²) in [7, 11) is -3.67. The van der Waals surface area contributed by atoms with Gasteiger partial charge in [-0.05, 0) is 54.7 Å². The molecule has 2 bridgehead atoms. The van der Waals surface area contributed by atoms with Crippen LogP contribution in [0.15, 0.2) is 82.5 Å². The molecule has 0 radical (unpaired) electrons. The van der Waals surface area contributed by atoms with Crippen LogP contribution in [0.5, 0.6) is 0 Å². The normalized spacial score (nSPS) is 19.9. The van der Waals surface area contributed by atoms with E-state index >= 15 is 0 Å². The van der Waals surface area contributed by atoms with E-state index in [0.29, 0.717) is 38.2 Å². The topological polar surface area (TPSA) is 88.5 Å². The lowest BCUT2D eigenvalue weighted by Gasteiger charge is -2.42. The standard InChI is InChI=1S/C26H27N3O4S/c30-25(14-9-19-5-2-1-3-6-19)27-22-10-12-23(13-11-22)34(32,33)28-16-20-15-21(18-28)24-7-4-8-26(31)29(24)17-20/h1-8,10-13,20-21H,9,14-18H2,(H,27,30). The highest BCUT2D eigenvalue weighted by Crippen LogP contribution is 2.37. The quantitative estimate of drug-likeness (QED) is 0.590. The van der Waals surface area contributed by atoms with Crippen LogP contribution in [0.25, 0.3) is 0 Å². The summed E-state index contributed by atoms with van der Waals surface area (Å²) in [5.74, 6) is 0.0147. The fourth-order valence-corrected chi connectivity index (χ4v) is 6.60. The second-order valence-electron chi connectivity index (χ2n) is 9.08. The number of fused-ring (bicyclic) bond motifs is 4. The van der Waals surface area contributed by atoms with E-state index < -0.39 is 10.0 Å². The van der Waals surface area contributed by atoms with Crippen molar-refractivity contribution in [3.05, 3.63) is 94.4 Å². The summed E-state index contributed by atoms with van der Waals surface area (Å²) in [5, 5.41) is 2.84. The molecule has 0 saturated carbocycles. The van der Waals surface area contributed by atoms with Gasteiger partial charge in [0.2, 0.25) is 15.9 Å². The Labute approximate surface area is 199 Å². The largest absolute Gasteiger partial charge is 0.326 e. The van der Waals surface area contributed by atoms with Crippen molar-refractivity contribution in [1.82, 2.24) is 8.87 Å². The minimum Gasteiger partial charge on any atom is -0.326 e. The lowest BCUT2D eigenvalue weighted by molar-refractivity contribution is -0.116. The maximum Gasteiger partial charge on any atom is 0.250 e. The molecule has 0 aliphatic carbocycles. The van der Waals surface area contributed by atoms with E-state index in [4.69, 9.17) is 0 Å². The predicted molar refractivity (Wildman–Crippen MR) is 130 cm³/mol. The van der Waals surface area contributed by atoms with Crippen LogP contribution in [0.1, 0.15) is 30.0 Å². The minimum absolute atomic E-state index is 0.0133. The van der Waals surface area contributed by atoms with Crippen molar-refractivity contribution in [2.24, 2.45) is 5.92 Å². The molecule has 1 N–H and O–H groups in total. The molecule has 34 heavy (non-hydrogen) atoms. The van der Waals surface area contributed by atoms with Crippen molar-refractivity contribution in [2.75, 3.05) is 18.4 Å². The van der Waals surface area contributed by atoms with Crippen molar-refractivity contribution >= 4 is 21.6 Å². The summed E-state index contributed by atoms with van der Waals surface area (Å²) in [6.45, 7) is 1.31. The second kappa shape index (κ2) is 9.19. The van der Waals surface area contributed by atoms with Gasteiger partial charge < -0.3 is 9.88 Å². The number of rotatable bonds is 6. The average molecular weight is 478 g/mol. The van der Waals surface area contributed by atoms with Gasteiger partial charge in [0, 0.05) is 49.4 Å². The first-order chi connectivity index (χ1) is 16.4. The van der Waals surface area contributed by atoms with E-state index in [1.807, 2.05) is 36.4 Å². The molecule has 2 atom stereocenters. The molecule has 3 aromatic rings. The van der Waals surface area contributed by atoms with E-state index in [0.717, 1.165) is 17.7 Å². The summed E-state index contributed by atoms with van der Waals surface area (Å²) in [6, 6.07) is 21.4. The Bertz CT molecular complexity index is 1350. The van der Waals surface area contributed by atoms with Gasteiger partial charge in [0.25, 0.3) is 5.56 Å².